The number of aryl methyl sites for hydroxylation is 2. The van der Waals surface area contributed by atoms with Gasteiger partial charge in [0.15, 0.2) is 5.16 Å². The van der Waals surface area contributed by atoms with Crippen LogP contribution in [0.1, 0.15) is 48.4 Å². The van der Waals surface area contributed by atoms with Gasteiger partial charge < -0.3 is 10.2 Å². The molecule has 1 aliphatic heterocycles. The van der Waals surface area contributed by atoms with E-state index < -0.39 is 0 Å². The van der Waals surface area contributed by atoms with Crippen molar-refractivity contribution in [2.24, 2.45) is 0 Å². The molecule has 166 valence electrons. The molecule has 1 fully saturated rings. The van der Waals surface area contributed by atoms with E-state index in [0.29, 0.717) is 5.75 Å². The van der Waals surface area contributed by atoms with E-state index in [-0.39, 0.29) is 11.9 Å². The minimum absolute atomic E-state index is 0.0397. The largest absolute Gasteiger partial charge is 0.349 e. The number of thioether (sulfide) groups is 1. The van der Waals surface area contributed by atoms with Crippen LogP contribution in [0.3, 0.4) is 0 Å². The molecule has 1 aromatic heterocycles. The van der Waals surface area contributed by atoms with Crippen molar-refractivity contribution in [2.45, 2.75) is 50.2 Å². The molecule has 0 unspecified atom stereocenters. The zero-order valence-corrected chi connectivity index (χ0v) is 19.3. The SMILES string of the molecule is Cc1ccc(-n2c(SCC(=O)N[C@H]3CCCc4ccccc43)nnc2N2CCCC2)cc1. The number of anilines is 1. The van der Waals surface area contributed by atoms with Gasteiger partial charge >= 0.3 is 0 Å². The van der Waals surface area contributed by atoms with Gasteiger partial charge in [-0.2, -0.15) is 0 Å². The lowest BCUT2D eigenvalue weighted by molar-refractivity contribution is -0.119. The van der Waals surface area contributed by atoms with Crippen molar-refractivity contribution in [3.8, 4) is 5.69 Å². The first kappa shape index (κ1) is 21.1. The Labute approximate surface area is 193 Å². The van der Waals surface area contributed by atoms with E-state index in [1.54, 1.807) is 0 Å². The number of benzene rings is 2. The normalized spacial score (nSPS) is 17.9. The van der Waals surface area contributed by atoms with Crippen molar-refractivity contribution in [1.29, 1.82) is 0 Å². The highest BCUT2D eigenvalue weighted by Crippen LogP contribution is 2.31. The summed E-state index contributed by atoms with van der Waals surface area (Å²) >= 11 is 1.45. The summed E-state index contributed by atoms with van der Waals surface area (Å²) in [4.78, 5) is 15.1. The second-order valence-electron chi connectivity index (χ2n) is 8.65. The van der Waals surface area contributed by atoms with Crippen molar-refractivity contribution < 1.29 is 4.79 Å². The molecule has 1 N–H and O–H groups in total. The van der Waals surface area contributed by atoms with Crippen LogP contribution in [0.5, 0.6) is 0 Å². The molecule has 5 rings (SSSR count). The molecule has 0 radical (unpaired) electrons. The van der Waals surface area contributed by atoms with E-state index in [2.05, 4.69) is 80.4 Å². The third-order valence-corrected chi connectivity index (χ3v) is 7.26. The van der Waals surface area contributed by atoms with Crippen LogP contribution < -0.4 is 10.2 Å². The van der Waals surface area contributed by atoms with Crippen LogP contribution >= 0.6 is 11.8 Å². The standard InChI is InChI=1S/C25H29N5OS/c1-18-11-13-20(14-12-18)30-24(29-15-4-5-16-29)27-28-25(30)32-17-23(31)26-22-10-6-8-19-7-2-3-9-21(19)22/h2-3,7,9,11-14,22H,4-6,8,10,15-17H2,1H3,(H,26,31)/t22-/m0/s1. The number of amides is 1. The number of nitrogens with one attached hydrogen (secondary N) is 1. The summed E-state index contributed by atoms with van der Waals surface area (Å²) in [6, 6.07) is 17.0. The van der Waals surface area contributed by atoms with Crippen LogP contribution in [-0.2, 0) is 11.2 Å². The van der Waals surface area contributed by atoms with Crippen LogP contribution in [0, 0.1) is 6.92 Å². The Morgan fingerprint density at radius 2 is 1.84 bits per heavy atom. The number of nitrogens with zero attached hydrogens (tertiary/aromatic N) is 4. The van der Waals surface area contributed by atoms with Gasteiger partial charge in [-0.25, -0.2) is 0 Å². The van der Waals surface area contributed by atoms with Gasteiger partial charge in [0.05, 0.1) is 17.5 Å². The molecule has 1 atom stereocenters. The molecule has 1 aliphatic carbocycles. The first-order chi connectivity index (χ1) is 15.7. The molecular weight excluding hydrogens is 418 g/mol. The smallest absolute Gasteiger partial charge is 0.232 e. The molecule has 32 heavy (non-hydrogen) atoms. The fourth-order valence-corrected chi connectivity index (χ4v) is 5.43. The molecule has 6 nitrogen and oxygen atoms in total. The maximum Gasteiger partial charge on any atom is 0.232 e. The Kier molecular flexibility index (Phi) is 6.17. The number of fused-ring (bicyclic) bond motifs is 1. The van der Waals surface area contributed by atoms with Gasteiger partial charge in [0.1, 0.15) is 0 Å². The summed E-state index contributed by atoms with van der Waals surface area (Å²) in [7, 11) is 0. The third-order valence-electron chi connectivity index (χ3n) is 6.33. The molecule has 0 bridgehead atoms. The van der Waals surface area contributed by atoms with Crippen molar-refractivity contribution in [3.63, 3.8) is 0 Å². The summed E-state index contributed by atoms with van der Waals surface area (Å²) in [6.07, 6.45) is 5.54. The number of rotatable bonds is 6. The molecule has 2 aromatic carbocycles. The van der Waals surface area contributed by atoms with Crippen molar-refractivity contribution in [3.05, 3.63) is 65.2 Å². The van der Waals surface area contributed by atoms with Gasteiger partial charge in [-0.05, 0) is 62.3 Å². The number of aromatic nitrogens is 3. The van der Waals surface area contributed by atoms with E-state index in [1.165, 1.54) is 41.3 Å². The van der Waals surface area contributed by atoms with E-state index in [0.717, 1.165) is 49.1 Å². The quantitative estimate of drug-likeness (QED) is 0.565. The average Bonchev–Trinajstić information content (AvgIpc) is 3.48. The highest BCUT2D eigenvalue weighted by molar-refractivity contribution is 7.99. The highest BCUT2D eigenvalue weighted by atomic mass is 32.2. The number of carbonyl (C=O) groups excluding carboxylic acids is 1. The van der Waals surface area contributed by atoms with Gasteiger partial charge in [-0.1, -0.05) is 53.7 Å². The molecule has 2 aliphatic rings. The van der Waals surface area contributed by atoms with Gasteiger partial charge in [0, 0.05) is 13.1 Å². The average molecular weight is 448 g/mol. The monoisotopic (exact) mass is 447 g/mol. The summed E-state index contributed by atoms with van der Waals surface area (Å²) in [5.74, 6) is 1.23. The molecular formula is C25H29N5OS. The molecule has 7 heteroatoms. The summed E-state index contributed by atoms with van der Waals surface area (Å²) in [5, 5.41) is 13.0. The highest BCUT2D eigenvalue weighted by Gasteiger charge is 2.24. The fourth-order valence-electron chi connectivity index (χ4n) is 4.67. The predicted molar refractivity (Wildman–Crippen MR) is 129 cm³/mol. The van der Waals surface area contributed by atoms with Gasteiger partial charge in [0.2, 0.25) is 11.9 Å². The molecule has 2 heterocycles. The second kappa shape index (κ2) is 9.36. The van der Waals surface area contributed by atoms with Gasteiger partial charge in [-0.15, -0.1) is 10.2 Å². The maximum atomic E-state index is 12.9. The Hall–Kier alpha value is -2.80. The summed E-state index contributed by atoms with van der Waals surface area (Å²) in [6.45, 7) is 4.08. The molecule has 3 aromatic rings. The third kappa shape index (κ3) is 4.39. The Bertz CT molecular complexity index is 1090. The molecule has 0 spiro atoms. The molecule has 1 amide bonds. The second-order valence-corrected chi connectivity index (χ2v) is 9.59. The summed E-state index contributed by atoms with van der Waals surface area (Å²) in [5.41, 5.74) is 4.86. The first-order valence-corrected chi connectivity index (χ1v) is 12.4. The van der Waals surface area contributed by atoms with Crippen LogP contribution in [0.2, 0.25) is 0 Å². The van der Waals surface area contributed by atoms with Crippen LogP contribution in [0.25, 0.3) is 5.69 Å². The fraction of sp³-hybridized carbons (Fsp3) is 0.400. The minimum atomic E-state index is 0.0397. The van der Waals surface area contributed by atoms with Crippen molar-refractivity contribution >= 4 is 23.6 Å². The summed E-state index contributed by atoms with van der Waals surface area (Å²) < 4.78 is 2.10. The Morgan fingerprint density at radius 3 is 2.66 bits per heavy atom. The van der Waals surface area contributed by atoms with Crippen molar-refractivity contribution in [1.82, 2.24) is 20.1 Å². The number of carbonyl (C=O) groups is 1. The minimum Gasteiger partial charge on any atom is -0.349 e. The van der Waals surface area contributed by atoms with E-state index >= 15 is 0 Å². The zero-order chi connectivity index (χ0) is 21.9. The van der Waals surface area contributed by atoms with Gasteiger partial charge in [0.25, 0.3) is 0 Å². The van der Waals surface area contributed by atoms with Crippen molar-refractivity contribution in [2.75, 3.05) is 23.7 Å². The zero-order valence-electron chi connectivity index (χ0n) is 18.5. The lowest BCUT2D eigenvalue weighted by Crippen LogP contribution is -2.32. The Morgan fingerprint density at radius 1 is 1.06 bits per heavy atom. The van der Waals surface area contributed by atoms with Crippen LogP contribution in [0.15, 0.2) is 53.7 Å². The first-order valence-electron chi connectivity index (χ1n) is 11.5. The van der Waals surface area contributed by atoms with Crippen LogP contribution in [0.4, 0.5) is 5.95 Å². The number of hydrogen-bond donors (Lipinski definition) is 1. The Balaban J connectivity index is 1.32. The lowest BCUT2D eigenvalue weighted by Gasteiger charge is -2.26. The lowest BCUT2D eigenvalue weighted by atomic mass is 9.88. The maximum absolute atomic E-state index is 12.9. The predicted octanol–water partition coefficient (Wildman–Crippen LogP) is 4.46. The number of hydrogen-bond acceptors (Lipinski definition) is 5. The van der Waals surface area contributed by atoms with Gasteiger partial charge in [-0.3, -0.25) is 9.36 Å². The topological polar surface area (TPSA) is 63.1 Å². The molecule has 0 saturated carbocycles. The van der Waals surface area contributed by atoms with E-state index in [9.17, 15) is 4.79 Å². The van der Waals surface area contributed by atoms with Crippen LogP contribution in [-0.4, -0.2) is 39.5 Å². The van der Waals surface area contributed by atoms with E-state index in [1.807, 2.05) is 0 Å². The van der Waals surface area contributed by atoms with E-state index in [4.69, 9.17) is 0 Å². The molecule has 1 saturated heterocycles.